The van der Waals surface area contributed by atoms with E-state index >= 15 is 0 Å². The van der Waals surface area contributed by atoms with Crippen molar-refractivity contribution in [3.8, 4) is 0 Å². The smallest absolute Gasteiger partial charge is 0.258 e. The first kappa shape index (κ1) is 15.2. The SMILES string of the molecule is CCc1ccccc1NC(=O)c1c(Cl)ccc(Cl)c1Cl. The van der Waals surface area contributed by atoms with Gasteiger partial charge in [0.05, 0.1) is 20.6 Å². The summed E-state index contributed by atoms with van der Waals surface area (Å²) in [5.41, 5.74) is 1.97. The Labute approximate surface area is 132 Å². The molecule has 0 aliphatic rings. The van der Waals surface area contributed by atoms with Crippen molar-refractivity contribution in [1.82, 2.24) is 0 Å². The van der Waals surface area contributed by atoms with E-state index in [1.165, 1.54) is 0 Å². The van der Waals surface area contributed by atoms with E-state index < -0.39 is 0 Å². The van der Waals surface area contributed by atoms with Crippen LogP contribution in [0.15, 0.2) is 36.4 Å². The van der Waals surface area contributed by atoms with Crippen LogP contribution < -0.4 is 5.32 Å². The fourth-order valence-corrected chi connectivity index (χ4v) is 2.57. The lowest BCUT2D eigenvalue weighted by atomic mass is 10.1. The summed E-state index contributed by atoms with van der Waals surface area (Å²) in [4.78, 5) is 12.3. The van der Waals surface area contributed by atoms with Crippen LogP contribution in [0.4, 0.5) is 5.69 Å². The number of para-hydroxylation sites is 1. The second-order valence-corrected chi connectivity index (χ2v) is 5.38. The lowest BCUT2D eigenvalue weighted by Gasteiger charge is -2.12. The van der Waals surface area contributed by atoms with Crippen LogP contribution in [0.3, 0.4) is 0 Å². The molecule has 2 aromatic rings. The molecule has 0 aliphatic heterocycles. The Kier molecular flexibility index (Phi) is 4.92. The molecule has 0 unspecified atom stereocenters. The average molecular weight is 329 g/mol. The molecule has 0 fully saturated rings. The summed E-state index contributed by atoms with van der Waals surface area (Å²) in [5.74, 6) is -0.372. The predicted octanol–water partition coefficient (Wildman–Crippen LogP) is 5.46. The fraction of sp³-hybridized carbons (Fsp3) is 0.133. The molecule has 0 aliphatic carbocycles. The molecule has 2 aromatic carbocycles. The average Bonchev–Trinajstić information content (AvgIpc) is 2.44. The molecule has 0 bridgehead atoms. The number of aryl methyl sites for hydroxylation is 1. The normalized spacial score (nSPS) is 10.4. The molecule has 0 heterocycles. The fourth-order valence-electron chi connectivity index (χ4n) is 1.87. The van der Waals surface area contributed by atoms with E-state index in [4.69, 9.17) is 34.8 Å². The second kappa shape index (κ2) is 6.49. The molecule has 2 rings (SSSR count). The molecule has 0 spiro atoms. The maximum atomic E-state index is 12.3. The minimum atomic E-state index is -0.372. The number of nitrogens with one attached hydrogen (secondary N) is 1. The molecule has 0 radical (unpaired) electrons. The highest BCUT2D eigenvalue weighted by molar-refractivity contribution is 6.46. The van der Waals surface area contributed by atoms with E-state index in [2.05, 4.69) is 5.32 Å². The van der Waals surface area contributed by atoms with Crippen LogP contribution in [0.2, 0.25) is 15.1 Å². The summed E-state index contributed by atoms with van der Waals surface area (Å²) in [6.07, 6.45) is 0.813. The predicted molar refractivity (Wildman–Crippen MR) is 85.2 cm³/mol. The van der Waals surface area contributed by atoms with Gasteiger partial charge >= 0.3 is 0 Å². The second-order valence-electron chi connectivity index (χ2n) is 4.18. The first-order chi connectivity index (χ1) is 9.54. The number of rotatable bonds is 3. The van der Waals surface area contributed by atoms with Crippen LogP contribution in [-0.2, 0) is 6.42 Å². The molecule has 0 atom stereocenters. The number of anilines is 1. The summed E-state index contributed by atoms with van der Waals surface area (Å²) in [6, 6.07) is 10.7. The molecule has 104 valence electrons. The Morgan fingerprint density at radius 3 is 2.40 bits per heavy atom. The molecule has 0 saturated carbocycles. The van der Waals surface area contributed by atoms with Gasteiger partial charge < -0.3 is 5.32 Å². The minimum absolute atomic E-state index is 0.158. The summed E-state index contributed by atoms with van der Waals surface area (Å²) in [5, 5.41) is 3.54. The van der Waals surface area contributed by atoms with E-state index in [-0.39, 0.29) is 21.5 Å². The maximum Gasteiger partial charge on any atom is 0.258 e. The number of hydrogen-bond acceptors (Lipinski definition) is 1. The molecule has 1 amide bonds. The molecule has 1 N–H and O–H groups in total. The van der Waals surface area contributed by atoms with E-state index in [0.717, 1.165) is 17.7 Å². The van der Waals surface area contributed by atoms with Crippen LogP contribution in [0, 0.1) is 0 Å². The number of carbonyl (C=O) groups excluding carboxylic acids is 1. The van der Waals surface area contributed by atoms with Gasteiger partial charge in [-0.05, 0) is 30.2 Å². The van der Waals surface area contributed by atoms with Crippen LogP contribution in [-0.4, -0.2) is 5.91 Å². The van der Waals surface area contributed by atoms with Crippen LogP contribution >= 0.6 is 34.8 Å². The van der Waals surface area contributed by atoms with Crippen molar-refractivity contribution in [3.63, 3.8) is 0 Å². The Bertz CT molecular complexity index is 656. The molecule has 5 heteroatoms. The topological polar surface area (TPSA) is 29.1 Å². The quantitative estimate of drug-likeness (QED) is 0.745. The number of benzene rings is 2. The van der Waals surface area contributed by atoms with Gasteiger partial charge in [-0.3, -0.25) is 4.79 Å². The van der Waals surface area contributed by atoms with E-state index in [0.29, 0.717) is 5.02 Å². The van der Waals surface area contributed by atoms with Crippen molar-refractivity contribution >= 4 is 46.4 Å². The van der Waals surface area contributed by atoms with Crippen molar-refractivity contribution in [2.45, 2.75) is 13.3 Å². The van der Waals surface area contributed by atoms with Gasteiger partial charge in [-0.25, -0.2) is 0 Å². The molecular formula is C15H12Cl3NO. The zero-order chi connectivity index (χ0) is 14.7. The van der Waals surface area contributed by atoms with Crippen molar-refractivity contribution in [2.24, 2.45) is 0 Å². The molecule has 0 aromatic heterocycles. The first-order valence-corrected chi connectivity index (χ1v) is 7.20. The van der Waals surface area contributed by atoms with Gasteiger partial charge in [0.2, 0.25) is 0 Å². The highest BCUT2D eigenvalue weighted by Crippen LogP contribution is 2.32. The van der Waals surface area contributed by atoms with Gasteiger partial charge in [-0.2, -0.15) is 0 Å². The Hall–Kier alpha value is -1.22. The Morgan fingerprint density at radius 1 is 1.05 bits per heavy atom. The van der Waals surface area contributed by atoms with Crippen LogP contribution in [0.1, 0.15) is 22.8 Å². The van der Waals surface area contributed by atoms with Gasteiger partial charge in [0.1, 0.15) is 0 Å². The number of hydrogen-bond donors (Lipinski definition) is 1. The highest BCUT2D eigenvalue weighted by Gasteiger charge is 2.18. The van der Waals surface area contributed by atoms with Crippen molar-refractivity contribution in [1.29, 1.82) is 0 Å². The van der Waals surface area contributed by atoms with Crippen LogP contribution in [0.25, 0.3) is 0 Å². The van der Waals surface area contributed by atoms with Crippen molar-refractivity contribution in [2.75, 3.05) is 5.32 Å². The molecule has 2 nitrogen and oxygen atoms in total. The molecule has 20 heavy (non-hydrogen) atoms. The summed E-state index contributed by atoms with van der Waals surface area (Å²) < 4.78 is 0. The minimum Gasteiger partial charge on any atom is -0.322 e. The number of carbonyl (C=O) groups is 1. The summed E-state index contributed by atoms with van der Waals surface area (Å²) in [6.45, 7) is 2.02. The van der Waals surface area contributed by atoms with Gasteiger partial charge in [-0.15, -0.1) is 0 Å². The van der Waals surface area contributed by atoms with E-state index in [1.807, 2.05) is 31.2 Å². The summed E-state index contributed by atoms with van der Waals surface area (Å²) in [7, 11) is 0. The first-order valence-electron chi connectivity index (χ1n) is 6.07. The zero-order valence-electron chi connectivity index (χ0n) is 10.7. The van der Waals surface area contributed by atoms with Crippen molar-refractivity contribution in [3.05, 3.63) is 62.6 Å². The van der Waals surface area contributed by atoms with Gasteiger partial charge in [-0.1, -0.05) is 59.9 Å². The zero-order valence-corrected chi connectivity index (χ0v) is 13.0. The maximum absolute atomic E-state index is 12.3. The van der Waals surface area contributed by atoms with Gasteiger partial charge in [0, 0.05) is 5.69 Å². The third kappa shape index (κ3) is 3.09. The molecule has 0 saturated heterocycles. The largest absolute Gasteiger partial charge is 0.322 e. The van der Waals surface area contributed by atoms with Gasteiger partial charge in [0.15, 0.2) is 0 Å². The van der Waals surface area contributed by atoms with E-state index in [9.17, 15) is 4.79 Å². The lowest BCUT2D eigenvalue weighted by molar-refractivity contribution is 0.102. The monoisotopic (exact) mass is 327 g/mol. The van der Waals surface area contributed by atoms with E-state index in [1.54, 1.807) is 12.1 Å². The standard InChI is InChI=1S/C15H12Cl3NO/c1-2-9-5-3-4-6-12(9)19-15(20)13-10(16)7-8-11(17)14(13)18/h3-8H,2H2,1H3,(H,19,20). The Balaban J connectivity index is 2.36. The lowest BCUT2D eigenvalue weighted by Crippen LogP contribution is -2.14. The third-order valence-electron chi connectivity index (χ3n) is 2.92. The number of amides is 1. The third-order valence-corrected chi connectivity index (χ3v) is 4.04. The highest BCUT2D eigenvalue weighted by atomic mass is 35.5. The summed E-state index contributed by atoms with van der Waals surface area (Å²) >= 11 is 18.0. The van der Waals surface area contributed by atoms with Gasteiger partial charge in [0.25, 0.3) is 5.91 Å². The van der Waals surface area contributed by atoms with Crippen LogP contribution in [0.5, 0.6) is 0 Å². The van der Waals surface area contributed by atoms with Crippen molar-refractivity contribution < 1.29 is 4.79 Å². The number of halogens is 3. The molecular weight excluding hydrogens is 317 g/mol. The Morgan fingerprint density at radius 2 is 1.70 bits per heavy atom.